The Morgan fingerprint density at radius 3 is 2.59 bits per heavy atom. The summed E-state index contributed by atoms with van der Waals surface area (Å²) in [4.78, 5) is 43.0. The van der Waals surface area contributed by atoms with Gasteiger partial charge in [0, 0.05) is 29.9 Å². The highest BCUT2D eigenvalue weighted by molar-refractivity contribution is 6.24. The molecule has 2 heterocycles. The second-order valence-corrected chi connectivity index (χ2v) is 9.13. The van der Waals surface area contributed by atoms with Crippen molar-refractivity contribution in [3.63, 3.8) is 0 Å². The van der Waals surface area contributed by atoms with Crippen LogP contribution in [0.5, 0.6) is 0 Å². The first kappa shape index (κ1) is 24.3. The third-order valence-electron chi connectivity index (χ3n) is 6.83. The Hall–Kier alpha value is -4.37. The van der Waals surface area contributed by atoms with E-state index >= 15 is 0 Å². The minimum absolute atomic E-state index is 0.0795. The smallest absolute Gasteiger partial charge is 0.323 e. The van der Waals surface area contributed by atoms with Crippen LogP contribution in [0.15, 0.2) is 77.8 Å². The van der Waals surface area contributed by atoms with Crippen molar-refractivity contribution >= 4 is 34.7 Å². The SMILES string of the molecule is COC(=O)C1CCCN1Cc1ccc(N=C(c2ccccc2)C2C(=O)Nc3ccc([N+](=O)[O-])cc32)cc1. The number of amides is 1. The summed E-state index contributed by atoms with van der Waals surface area (Å²) in [6.45, 7) is 1.46. The lowest BCUT2D eigenvalue weighted by molar-refractivity contribution is -0.384. The Labute approximate surface area is 213 Å². The molecule has 2 aliphatic heterocycles. The Bertz CT molecular complexity index is 1370. The maximum absolute atomic E-state index is 13.1. The molecule has 188 valence electrons. The normalized spacial score (nSPS) is 19.4. The van der Waals surface area contributed by atoms with Crippen LogP contribution in [0.25, 0.3) is 0 Å². The average Bonchev–Trinajstić information content (AvgIpc) is 3.51. The first-order valence-corrected chi connectivity index (χ1v) is 12.1. The molecule has 1 N–H and O–H groups in total. The van der Waals surface area contributed by atoms with Gasteiger partial charge in [-0.25, -0.2) is 0 Å². The van der Waals surface area contributed by atoms with Crippen molar-refractivity contribution in [1.82, 2.24) is 4.90 Å². The Balaban J connectivity index is 1.47. The first-order chi connectivity index (χ1) is 17.9. The molecule has 3 aromatic rings. The van der Waals surface area contributed by atoms with E-state index in [1.54, 1.807) is 6.07 Å². The molecule has 0 saturated carbocycles. The van der Waals surface area contributed by atoms with E-state index in [-0.39, 0.29) is 23.6 Å². The van der Waals surface area contributed by atoms with Gasteiger partial charge < -0.3 is 10.1 Å². The number of nitrogens with one attached hydrogen (secondary N) is 1. The molecule has 1 fully saturated rings. The van der Waals surface area contributed by atoms with Gasteiger partial charge in [-0.15, -0.1) is 0 Å². The van der Waals surface area contributed by atoms with Crippen molar-refractivity contribution < 1.29 is 19.2 Å². The molecule has 0 bridgehead atoms. The van der Waals surface area contributed by atoms with Gasteiger partial charge in [-0.2, -0.15) is 0 Å². The summed E-state index contributed by atoms with van der Waals surface area (Å²) in [6.07, 6.45) is 1.74. The van der Waals surface area contributed by atoms with Crippen LogP contribution >= 0.6 is 0 Å². The second-order valence-electron chi connectivity index (χ2n) is 9.13. The number of hydrogen-bond donors (Lipinski definition) is 1. The van der Waals surface area contributed by atoms with Gasteiger partial charge in [-0.05, 0) is 48.7 Å². The Morgan fingerprint density at radius 2 is 1.89 bits per heavy atom. The third-order valence-corrected chi connectivity index (χ3v) is 6.83. The molecule has 0 radical (unpaired) electrons. The lowest BCUT2D eigenvalue weighted by Crippen LogP contribution is -2.36. The van der Waals surface area contributed by atoms with Crippen LogP contribution in [0.2, 0.25) is 0 Å². The molecule has 3 aromatic carbocycles. The monoisotopic (exact) mass is 498 g/mol. The summed E-state index contributed by atoms with van der Waals surface area (Å²) in [6, 6.07) is 21.2. The topological polar surface area (TPSA) is 114 Å². The van der Waals surface area contributed by atoms with E-state index in [1.807, 2.05) is 54.6 Å². The van der Waals surface area contributed by atoms with Gasteiger partial charge in [-0.3, -0.25) is 29.6 Å². The quantitative estimate of drug-likeness (QED) is 0.221. The van der Waals surface area contributed by atoms with Gasteiger partial charge >= 0.3 is 5.97 Å². The molecule has 1 amide bonds. The van der Waals surface area contributed by atoms with Crippen molar-refractivity contribution in [2.75, 3.05) is 19.0 Å². The lowest BCUT2D eigenvalue weighted by Gasteiger charge is -2.22. The summed E-state index contributed by atoms with van der Waals surface area (Å²) in [5.74, 6) is -1.28. The van der Waals surface area contributed by atoms with Crippen LogP contribution in [-0.2, 0) is 20.9 Å². The fourth-order valence-corrected chi connectivity index (χ4v) is 5.01. The molecule has 5 rings (SSSR count). The number of carbonyl (C=O) groups is 2. The number of fused-ring (bicyclic) bond motifs is 1. The van der Waals surface area contributed by atoms with Crippen molar-refractivity contribution in [1.29, 1.82) is 0 Å². The van der Waals surface area contributed by atoms with Crippen LogP contribution in [0, 0.1) is 10.1 Å². The predicted molar refractivity (Wildman–Crippen MR) is 139 cm³/mol. The lowest BCUT2D eigenvalue weighted by atomic mass is 9.90. The molecular weight excluding hydrogens is 472 g/mol. The molecule has 0 aliphatic carbocycles. The highest BCUT2D eigenvalue weighted by atomic mass is 16.6. The number of ether oxygens (including phenoxy) is 1. The van der Waals surface area contributed by atoms with Crippen LogP contribution < -0.4 is 5.32 Å². The van der Waals surface area contributed by atoms with Gasteiger partial charge in [0.2, 0.25) is 5.91 Å². The maximum atomic E-state index is 13.1. The maximum Gasteiger partial charge on any atom is 0.323 e. The molecular formula is C28H26N4O5. The fourth-order valence-electron chi connectivity index (χ4n) is 5.01. The minimum Gasteiger partial charge on any atom is -0.468 e. The number of esters is 1. The fraction of sp³-hybridized carbons (Fsp3) is 0.250. The molecule has 0 aromatic heterocycles. The molecule has 2 atom stereocenters. The number of nitro groups is 1. The number of hydrogen-bond acceptors (Lipinski definition) is 7. The zero-order chi connectivity index (χ0) is 25.9. The summed E-state index contributed by atoms with van der Waals surface area (Å²) < 4.78 is 4.94. The molecule has 9 nitrogen and oxygen atoms in total. The summed E-state index contributed by atoms with van der Waals surface area (Å²) >= 11 is 0. The summed E-state index contributed by atoms with van der Waals surface area (Å²) in [7, 11) is 1.41. The van der Waals surface area contributed by atoms with Gasteiger partial charge in [0.15, 0.2) is 0 Å². The summed E-state index contributed by atoms with van der Waals surface area (Å²) in [5.41, 5.74) is 3.95. The van der Waals surface area contributed by atoms with E-state index < -0.39 is 10.8 Å². The standard InChI is InChI=1S/C28H26N4O5/c1-37-28(34)24-8-5-15-31(24)17-18-9-11-20(12-10-18)29-26(19-6-3-2-4-7-19)25-22-16-21(32(35)36)13-14-23(22)30-27(25)33/h2-4,6-7,9-14,16,24-25H,5,8,15,17H2,1H3,(H,30,33). The third kappa shape index (κ3) is 4.99. The Morgan fingerprint density at radius 1 is 1.14 bits per heavy atom. The van der Waals surface area contributed by atoms with Crippen LogP contribution in [0.4, 0.5) is 17.1 Å². The van der Waals surface area contributed by atoms with Gasteiger partial charge in [0.1, 0.15) is 12.0 Å². The molecule has 37 heavy (non-hydrogen) atoms. The van der Waals surface area contributed by atoms with Crippen molar-refractivity contribution in [3.8, 4) is 0 Å². The Kier molecular flexibility index (Phi) is 6.78. The van der Waals surface area contributed by atoms with Crippen LogP contribution in [0.1, 0.15) is 35.4 Å². The average molecular weight is 499 g/mol. The zero-order valence-electron chi connectivity index (χ0n) is 20.3. The van der Waals surface area contributed by atoms with E-state index in [0.29, 0.717) is 29.2 Å². The molecule has 2 aliphatic rings. The number of non-ortho nitro benzene ring substituents is 1. The predicted octanol–water partition coefficient (Wildman–Crippen LogP) is 4.59. The van der Waals surface area contributed by atoms with E-state index in [9.17, 15) is 19.7 Å². The van der Waals surface area contributed by atoms with Gasteiger partial charge in [0.25, 0.3) is 5.69 Å². The van der Waals surface area contributed by atoms with Crippen molar-refractivity contribution in [3.05, 3.63) is 99.6 Å². The zero-order valence-corrected chi connectivity index (χ0v) is 20.3. The van der Waals surface area contributed by atoms with Crippen molar-refractivity contribution in [2.45, 2.75) is 31.3 Å². The van der Waals surface area contributed by atoms with Crippen LogP contribution in [-0.4, -0.2) is 47.1 Å². The van der Waals surface area contributed by atoms with E-state index in [2.05, 4.69) is 10.2 Å². The minimum atomic E-state index is -0.789. The number of nitrogens with zero attached hydrogens (tertiary/aromatic N) is 3. The largest absolute Gasteiger partial charge is 0.468 e. The van der Waals surface area contributed by atoms with Gasteiger partial charge in [0.05, 0.1) is 23.4 Å². The highest BCUT2D eigenvalue weighted by Gasteiger charge is 2.37. The van der Waals surface area contributed by atoms with E-state index in [4.69, 9.17) is 9.73 Å². The number of likely N-dealkylation sites (tertiary alicyclic amines) is 1. The van der Waals surface area contributed by atoms with Crippen molar-refractivity contribution in [2.24, 2.45) is 4.99 Å². The number of nitro benzene ring substituents is 1. The van der Waals surface area contributed by atoms with Gasteiger partial charge in [-0.1, -0.05) is 42.5 Å². The summed E-state index contributed by atoms with van der Waals surface area (Å²) in [5, 5.41) is 14.2. The number of anilines is 1. The first-order valence-electron chi connectivity index (χ1n) is 12.1. The molecule has 9 heteroatoms. The van der Waals surface area contributed by atoms with E-state index in [0.717, 1.165) is 30.5 Å². The number of methoxy groups -OCH3 is 1. The number of benzene rings is 3. The molecule has 2 unspecified atom stereocenters. The number of carbonyl (C=O) groups excluding carboxylic acids is 2. The highest BCUT2D eigenvalue weighted by Crippen LogP contribution is 2.38. The van der Waals surface area contributed by atoms with E-state index in [1.165, 1.54) is 19.2 Å². The van der Waals surface area contributed by atoms with Crippen LogP contribution in [0.3, 0.4) is 0 Å². The number of rotatable bonds is 7. The molecule has 0 spiro atoms. The second kappa shape index (κ2) is 10.3. The molecule has 1 saturated heterocycles. The number of aliphatic imine (C=N–C) groups is 1.